The van der Waals surface area contributed by atoms with Crippen LogP contribution in [0.2, 0.25) is 0 Å². The normalized spacial score (nSPS) is 28.5. The van der Waals surface area contributed by atoms with Crippen LogP contribution in [0.25, 0.3) is 0 Å². The summed E-state index contributed by atoms with van der Waals surface area (Å²) in [6.07, 6.45) is 4.86. The van der Waals surface area contributed by atoms with E-state index in [-0.39, 0.29) is 6.09 Å². The number of carbonyl (C=O) groups is 1. The van der Waals surface area contributed by atoms with Gasteiger partial charge in [-0.3, -0.25) is 4.90 Å². The van der Waals surface area contributed by atoms with E-state index >= 15 is 0 Å². The van der Waals surface area contributed by atoms with Crippen molar-refractivity contribution in [3.63, 3.8) is 0 Å². The zero-order valence-electron chi connectivity index (χ0n) is 13.8. The molecular formula is C16H31N3O2. The van der Waals surface area contributed by atoms with Crippen molar-refractivity contribution in [3.05, 3.63) is 0 Å². The van der Waals surface area contributed by atoms with Gasteiger partial charge >= 0.3 is 6.09 Å². The van der Waals surface area contributed by atoms with Crippen LogP contribution >= 0.6 is 0 Å². The number of hydrogen-bond acceptors (Lipinski definition) is 4. The molecule has 2 rings (SSSR count). The predicted molar refractivity (Wildman–Crippen MR) is 84.2 cm³/mol. The highest BCUT2D eigenvalue weighted by molar-refractivity contribution is 5.68. The van der Waals surface area contributed by atoms with Crippen molar-refractivity contribution in [2.24, 2.45) is 11.7 Å². The third-order valence-electron chi connectivity index (χ3n) is 4.63. The number of carbonyl (C=O) groups excluding carboxylic acids is 1. The van der Waals surface area contributed by atoms with Gasteiger partial charge in [-0.05, 0) is 58.9 Å². The summed E-state index contributed by atoms with van der Waals surface area (Å²) in [6, 6.07) is 0.689. The Labute approximate surface area is 128 Å². The van der Waals surface area contributed by atoms with Crippen LogP contribution in [0, 0.1) is 5.92 Å². The lowest BCUT2D eigenvalue weighted by molar-refractivity contribution is 0.00728. The molecule has 0 aromatic rings. The van der Waals surface area contributed by atoms with E-state index in [2.05, 4.69) is 4.90 Å². The fourth-order valence-corrected chi connectivity index (χ4v) is 3.34. The summed E-state index contributed by atoms with van der Waals surface area (Å²) in [5, 5.41) is 0. The standard InChI is InChI=1S/C16H31N3O2/c1-16(2,3)21-15(20)19-10-8-18(9-11-19)14-6-4-13(12-17)5-7-14/h13-14H,4-12,17H2,1-3H3. The Kier molecular flexibility index (Phi) is 5.49. The van der Waals surface area contributed by atoms with Crippen molar-refractivity contribution < 1.29 is 9.53 Å². The molecule has 1 aliphatic heterocycles. The minimum absolute atomic E-state index is 0.172. The predicted octanol–water partition coefficient (Wildman–Crippen LogP) is 2.06. The first-order chi connectivity index (χ1) is 9.89. The molecule has 1 saturated carbocycles. The van der Waals surface area contributed by atoms with E-state index in [1.54, 1.807) is 0 Å². The van der Waals surface area contributed by atoms with E-state index in [0.29, 0.717) is 6.04 Å². The number of nitrogens with zero attached hydrogens (tertiary/aromatic N) is 2. The van der Waals surface area contributed by atoms with Crippen LogP contribution in [0.15, 0.2) is 0 Å². The SMILES string of the molecule is CC(C)(C)OC(=O)N1CCN(C2CCC(CN)CC2)CC1. The minimum atomic E-state index is -0.408. The van der Waals surface area contributed by atoms with Gasteiger partial charge in [-0.25, -0.2) is 4.79 Å². The fourth-order valence-electron chi connectivity index (χ4n) is 3.34. The summed E-state index contributed by atoms with van der Waals surface area (Å²) < 4.78 is 5.44. The van der Waals surface area contributed by atoms with Gasteiger partial charge < -0.3 is 15.4 Å². The number of hydrogen-bond donors (Lipinski definition) is 1. The Morgan fingerprint density at radius 1 is 1.10 bits per heavy atom. The summed E-state index contributed by atoms with van der Waals surface area (Å²) in [5.41, 5.74) is 5.35. The quantitative estimate of drug-likeness (QED) is 0.847. The molecular weight excluding hydrogens is 266 g/mol. The van der Waals surface area contributed by atoms with Crippen molar-refractivity contribution in [2.45, 2.75) is 58.1 Å². The number of piperazine rings is 1. The van der Waals surface area contributed by atoms with Crippen molar-refractivity contribution in [1.82, 2.24) is 9.80 Å². The van der Waals surface area contributed by atoms with Gasteiger partial charge in [-0.2, -0.15) is 0 Å². The molecule has 1 amide bonds. The second-order valence-electron chi connectivity index (χ2n) is 7.41. The van der Waals surface area contributed by atoms with Gasteiger partial charge in [0.05, 0.1) is 0 Å². The van der Waals surface area contributed by atoms with Crippen LogP contribution in [0.5, 0.6) is 0 Å². The van der Waals surface area contributed by atoms with Gasteiger partial charge in [0, 0.05) is 32.2 Å². The number of ether oxygens (including phenoxy) is 1. The maximum absolute atomic E-state index is 12.0. The molecule has 0 aromatic heterocycles. The van der Waals surface area contributed by atoms with Crippen LogP contribution in [-0.2, 0) is 4.74 Å². The molecule has 0 spiro atoms. The molecule has 0 radical (unpaired) electrons. The minimum Gasteiger partial charge on any atom is -0.444 e. The van der Waals surface area contributed by atoms with E-state index in [9.17, 15) is 4.79 Å². The highest BCUT2D eigenvalue weighted by Crippen LogP contribution is 2.27. The number of nitrogens with two attached hydrogens (primary N) is 1. The smallest absolute Gasteiger partial charge is 0.410 e. The molecule has 0 bridgehead atoms. The molecule has 1 heterocycles. The average molecular weight is 297 g/mol. The average Bonchev–Trinajstić information content (AvgIpc) is 2.46. The van der Waals surface area contributed by atoms with Crippen molar-refractivity contribution in [3.8, 4) is 0 Å². The summed E-state index contributed by atoms with van der Waals surface area (Å²) in [6.45, 7) is 10.1. The lowest BCUT2D eigenvalue weighted by Crippen LogP contribution is -2.53. The summed E-state index contributed by atoms with van der Waals surface area (Å²) >= 11 is 0. The van der Waals surface area contributed by atoms with Gasteiger partial charge in [0.1, 0.15) is 5.60 Å². The monoisotopic (exact) mass is 297 g/mol. The first-order valence-electron chi connectivity index (χ1n) is 8.31. The Morgan fingerprint density at radius 3 is 2.14 bits per heavy atom. The lowest BCUT2D eigenvalue weighted by atomic mass is 9.85. The van der Waals surface area contributed by atoms with Gasteiger partial charge in [0.2, 0.25) is 0 Å². The van der Waals surface area contributed by atoms with Crippen LogP contribution < -0.4 is 5.73 Å². The molecule has 2 aliphatic rings. The van der Waals surface area contributed by atoms with E-state index in [1.165, 1.54) is 25.7 Å². The molecule has 2 N–H and O–H groups in total. The molecule has 2 fully saturated rings. The van der Waals surface area contributed by atoms with E-state index in [0.717, 1.165) is 38.6 Å². The Morgan fingerprint density at radius 2 is 1.67 bits per heavy atom. The summed E-state index contributed by atoms with van der Waals surface area (Å²) in [5.74, 6) is 0.726. The molecule has 1 saturated heterocycles. The highest BCUT2D eigenvalue weighted by Gasteiger charge is 2.30. The van der Waals surface area contributed by atoms with Gasteiger partial charge in [-0.1, -0.05) is 0 Å². The fraction of sp³-hybridized carbons (Fsp3) is 0.938. The largest absolute Gasteiger partial charge is 0.444 e. The first-order valence-corrected chi connectivity index (χ1v) is 8.31. The second kappa shape index (κ2) is 6.97. The van der Waals surface area contributed by atoms with E-state index < -0.39 is 5.60 Å². The van der Waals surface area contributed by atoms with E-state index in [1.807, 2.05) is 25.7 Å². The third kappa shape index (κ3) is 4.85. The Bertz CT molecular complexity index is 338. The molecule has 5 heteroatoms. The van der Waals surface area contributed by atoms with Crippen LogP contribution in [0.4, 0.5) is 4.79 Å². The topological polar surface area (TPSA) is 58.8 Å². The molecule has 21 heavy (non-hydrogen) atoms. The molecule has 0 unspecified atom stereocenters. The lowest BCUT2D eigenvalue weighted by Gasteiger charge is -2.42. The zero-order valence-corrected chi connectivity index (χ0v) is 13.8. The van der Waals surface area contributed by atoms with Crippen molar-refractivity contribution in [1.29, 1.82) is 0 Å². The summed E-state index contributed by atoms with van der Waals surface area (Å²) in [4.78, 5) is 16.4. The van der Waals surface area contributed by atoms with Crippen LogP contribution in [0.1, 0.15) is 46.5 Å². The number of rotatable bonds is 2. The van der Waals surface area contributed by atoms with Gasteiger partial charge in [-0.15, -0.1) is 0 Å². The maximum Gasteiger partial charge on any atom is 0.410 e. The van der Waals surface area contributed by atoms with Crippen molar-refractivity contribution >= 4 is 6.09 Å². The van der Waals surface area contributed by atoms with Gasteiger partial charge in [0.15, 0.2) is 0 Å². The second-order valence-corrected chi connectivity index (χ2v) is 7.41. The Balaban J connectivity index is 1.75. The summed E-state index contributed by atoms with van der Waals surface area (Å²) in [7, 11) is 0. The Hall–Kier alpha value is -0.810. The zero-order chi connectivity index (χ0) is 15.5. The molecule has 1 aliphatic carbocycles. The highest BCUT2D eigenvalue weighted by atomic mass is 16.6. The van der Waals surface area contributed by atoms with Crippen LogP contribution in [-0.4, -0.2) is 60.3 Å². The molecule has 122 valence electrons. The van der Waals surface area contributed by atoms with E-state index in [4.69, 9.17) is 10.5 Å². The van der Waals surface area contributed by atoms with Crippen LogP contribution in [0.3, 0.4) is 0 Å². The maximum atomic E-state index is 12.0. The number of amides is 1. The molecule has 0 aromatic carbocycles. The van der Waals surface area contributed by atoms with Crippen molar-refractivity contribution in [2.75, 3.05) is 32.7 Å². The first kappa shape index (κ1) is 16.6. The molecule has 0 atom stereocenters. The third-order valence-corrected chi connectivity index (χ3v) is 4.63. The van der Waals surface area contributed by atoms with Gasteiger partial charge in [0.25, 0.3) is 0 Å². The molecule has 5 nitrogen and oxygen atoms in total.